The molecule has 28 heavy (non-hydrogen) atoms. The number of halogens is 2. The normalized spacial score (nSPS) is 11.1. The van der Waals surface area contributed by atoms with Crippen LogP contribution in [0.4, 0.5) is 0 Å². The summed E-state index contributed by atoms with van der Waals surface area (Å²) >= 11 is 13.6. The number of thioether (sulfide) groups is 1. The lowest BCUT2D eigenvalue weighted by Crippen LogP contribution is -2.22. The highest BCUT2D eigenvalue weighted by Gasteiger charge is 2.14. The molecule has 4 nitrogen and oxygen atoms in total. The minimum atomic E-state index is -0.196. The Kier molecular flexibility index (Phi) is 5.67. The van der Waals surface area contributed by atoms with Gasteiger partial charge in [0, 0.05) is 22.0 Å². The van der Waals surface area contributed by atoms with Gasteiger partial charge in [-0.15, -0.1) is 0 Å². The van der Waals surface area contributed by atoms with Gasteiger partial charge in [0.15, 0.2) is 10.7 Å². The molecule has 0 aliphatic heterocycles. The number of nitrogens with zero attached hydrogens (tertiary/aromatic N) is 3. The molecule has 0 bridgehead atoms. The Morgan fingerprint density at radius 3 is 2.57 bits per heavy atom. The summed E-state index contributed by atoms with van der Waals surface area (Å²) in [5.41, 5.74) is 2.58. The van der Waals surface area contributed by atoms with Gasteiger partial charge in [0.05, 0.1) is 11.2 Å². The van der Waals surface area contributed by atoms with Crippen molar-refractivity contribution >= 4 is 46.0 Å². The highest BCUT2D eigenvalue weighted by Crippen LogP contribution is 2.23. The van der Waals surface area contributed by atoms with E-state index >= 15 is 0 Å². The second-order valence-electron chi connectivity index (χ2n) is 6.11. The second kappa shape index (κ2) is 8.35. The van der Waals surface area contributed by atoms with E-state index in [2.05, 4.69) is 9.97 Å². The zero-order valence-electron chi connectivity index (χ0n) is 14.7. The summed E-state index contributed by atoms with van der Waals surface area (Å²) in [6, 6.07) is 18.5. The SMILES string of the molecule is O=c1c2ncccc2nc(SCCc2cccc(Cl)c2)n1-c1ccc(Cl)cc1. The molecular formula is C21H15Cl2N3OS. The van der Waals surface area contributed by atoms with Gasteiger partial charge in [0.25, 0.3) is 5.56 Å². The average molecular weight is 428 g/mol. The highest BCUT2D eigenvalue weighted by molar-refractivity contribution is 7.99. The molecule has 4 aromatic rings. The van der Waals surface area contributed by atoms with Crippen molar-refractivity contribution in [1.82, 2.24) is 14.5 Å². The summed E-state index contributed by atoms with van der Waals surface area (Å²) in [7, 11) is 0. The molecule has 0 saturated heterocycles. The predicted octanol–water partition coefficient (Wildman–Crippen LogP) is 5.42. The maximum Gasteiger partial charge on any atom is 0.285 e. The number of pyridine rings is 1. The summed E-state index contributed by atoms with van der Waals surface area (Å²) in [6.45, 7) is 0. The first-order valence-corrected chi connectivity index (χ1v) is 10.4. The third-order valence-corrected chi connectivity index (χ3v) is 5.62. The molecule has 0 aliphatic rings. The van der Waals surface area contributed by atoms with Crippen LogP contribution in [-0.4, -0.2) is 20.3 Å². The lowest BCUT2D eigenvalue weighted by Gasteiger charge is -2.13. The van der Waals surface area contributed by atoms with Crippen LogP contribution in [0.1, 0.15) is 5.56 Å². The summed E-state index contributed by atoms with van der Waals surface area (Å²) in [6.07, 6.45) is 2.41. The number of fused-ring (bicyclic) bond motifs is 1. The predicted molar refractivity (Wildman–Crippen MR) is 116 cm³/mol. The Balaban J connectivity index is 1.72. The zero-order valence-corrected chi connectivity index (χ0v) is 17.0. The fraction of sp³-hybridized carbons (Fsp3) is 0.0952. The van der Waals surface area contributed by atoms with Gasteiger partial charge in [-0.3, -0.25) is 9.36 Å². The third kappa shape index (κ3) is 4.07. The van der Waals surface area contributed by atoms with Crippen molar-refractivity contribution in [1.29, 1.82) is 0 Å². The van der Waals surface area contributed by atoms with Gasteiger partial charge in [0.2, 0.25) is 0 Å². The van der Waals surface area contributed by atoms with Gasteiger partial charge < -0.3 is 0 Å². The molecule has 0 amide bonds. The summed E-state index contributed by atoms with van der Waals surface area (Å²) < 4.78 is 1.59. The lowest BCUT2D eigenvalue weighted by atomic mass is 10.2. The van der Waals surface area contributed by atoms with E-state index in [0.29, 0.717) is 26.9 Å². The number of hydrogen-bond donors (Lipinski definition) is 0. The minimum Gasteiger partial charge on any atom is -0.266 e. The Hall–Kier alpha value is -2.34. The van der Waals surface area contributed by atoms with Crippen LogP contribution in [0.15, 0.2) is 76.8 Å². The molecule has 2 aromatic carbocycles. The van der Waals surface area contributed by atoms with Gasteiger partial charge in [-0.05, 0) is 60.5 Å². The van der Waals surface area contributed by atoms with Crippen molar-refractivity contribution in [3.8, 4) is 5.69 Å². The number of aryl methyl sites for hydroxylation is 1. The number of aromatic nitrogens is 3. The van der Waals surface area contributed by atoms with Gasteiger partial charge >= 0.3 is 0 Å². The molecule has 140 valence electrons. The minimum absolute atomic E-state index is 0.196. The van der Waals surface area contributed by atoms with E-state index in [1.807, 2.05) is 24.3 Å². The van der Waals surface area contributed by atoms with E-state index in [1.165, 1.54) is 11.8 Å². The third-order valence-electron chi connectivity index (χ3n) is 4.20. The van der Waals surface area contributed by atoms with Crippen LogP contribution in [0.5, 0.6) is 0 Å². The van der Waals surface area contributed by atoms with Crippen LogP contribution in [-0.2, 0) is 6.42 Å². The number of rotatable bonds is 5. The van der Waals surface area contributed by atoms with Crippen molar-refractivity contribution in [3.63, 3.8) is 0 Å². The molecule has 0 atom stereocenters. The molecule has 4 rings (SSSR count). The van der Waals surface area contributed by atoms with Gasteiger partial charge in [-0.25, -0.2) is 9.97 Å². The van der Waals surface area contributed by atoms with Crippen molar-refractivity contribution < 1.29 is 0 Å². The number of benzene rings is 2. The first-order chi connectivity index (χ1) is 13.6. The van der Waals surface area contributed by atoms with Crippen molar-refractivity contribution in [2.24, 2.45) is 0 Å². The fourth-order valence-electron chi connectivity index (χ4n) is 2.86. The molecule has 2 aromatic heterocycles. The molecule has 0 spiro atoms. The molecule has 0 aliphatic carbocycles. The Bertz CT molecular complexity index is 1190. The van der Waals surface area contributed by atoms with Crippen LogP contribution in [0, 0.1) is 0 Å². The first-order valence-electron chi connectivity index (χ1n) is 8.63. The first kappa shape index (κ1) is 19.0. The molecule has 0 radical (unpaired) electrons. The highest BCUT2D eigenvalue weighted by atomic mass is 35.5. The van der Waals surface area contributed by atoms with E-state index in [4.69, 9.17) is 23.2 Å². The molecule has 0 fully saturated rings. The number of hydrogen-bond acceptors (Lipinski definition) is 4. The molecule has 0 unspecified atom stereocenters. The van der Waals surface area contributed by atoms with Crippen LogP contribution in [0.2, 0.25) is 10.0 Å². The van der Waals surface area contributed by atoms with E-state index in [9.17, 15) is 4.79 Å². The maximum atomic E-state index is 13.1. The van der Waals surface area contributed by atoms with E-state index in [-0.39, 0.29) is 5.56 Å². The standard InChI is InChI=1S/C21H15Cl2N3OS/c22-15-6-8-17(9-7-15)26-20(27)19-18(5-2-11-24-19)25-21(26)28-12-10-14-3-1-4-16(23)13-14/h1-9,11,13H,10,12H2. The van der Waals surface area contributed by atoms with Crippen LogP contribution < -0.4 is 5.56 Å². The lowest BCUT2D eigenvalue weighted by molar-refractivity contribution is 0.815. The van der Waals surface area contributed by atoms with Gasteiger partial charge in [-0.1, -0.05) is 47.1 Å². The Morgan fingerprint density at radius 2 is 1.79 bits per heavy atom. The van der Waals surface area contributed by atoms with Crippen LogP contribution >= 0.6 is 35.0 Å². The van der Waals surface area contributed by atoms with Gasteiger partial charge in [-0.2, -0.15) is 0 Å². The topological polar surface area (TPSA) is 47.8 Å². The average Bonchev–Trinajstić information content (AvgIpc) is 2.69. The summed E-state index contributed by atoms with van der Waals surface area (Å²) in [4.78, 5) is 22.0. The smallest absolute Gasteiger partial charge is 0.266 e. The zero-order chi connectivity index (χ0) is 19.5. The molecule has 2 heterocycles. The Morgan fingerprint density at radius 1 is 0.964 bits per heavy atom. The maximum absolute atomic E-state index is 13.1. The fourth-order valence-corrected chi connectivity index (χ4v) is 4.20. The van der Waals surface area contributed by atoms with Crippen LogP contribution in [0.25, 0.3) is 16.7 Å². The second-order valence-corrected chi connectivity index (χ2v) is 8.05. The molecule has 0 saturated carbocycles. The quantitative estimate of drug-likeness (QED) is 0.315. The monoisotopic (exact) mass is 427 g/mol. The van der Waals surface area contributed by atoms with Gasteiger partial charge in [0.1, 0.15) is 0 Å². The van der Waals surface area contributed by atoms with Crippen molar-refractivity contribution in [2.45, 2.75) is 11.6 Å². The van der Waals surface area contributed by atoms with Crippen LogP contribution in [0.3, 0.4) is 0 Å². The Labute approximate surface area is 176 Å². The van der Waals surface area contributed by atoms with Crippen molar-refractivity contribution in [2.75, 3.05) is 5.75 Å². The molecule has 7 heteroatoms. The van der Waals surface area contributed by atoms with E-state index in [0.717, 1.165) is 22.8 Å². The molecule has 0 N–H and O–H groups in total. The summed E-state index contributed by atoms with van der Waals surface area (Å²) in [5, 5.41) is 1.95. The largest absolute Gasteiger partial charge is 0.285 e. The van der Waals surface area contributed by atoms with E-state index in [1.54, 1.807) is 47.2 Å². The van der Waals surface area contributed by atoms with Crippen molar-refractivity contribution in [3.05, 3.63) is 92.8 Å². The summed E-state index contributed by atoms with van der Waals surface area (Å²) in [5.74, 6) is 0.756. The molecular weight excluding hydrogens is 413 g/mol. The van der Waals surface area contributed by atoms with E-state index < -0.39 is 0 Å².